The minimum absolute atomic E-state index is 0.437. The van der Waals surface area contributed by atoms with Gasteiger partial charge < -0.3 is 5.73 Å². The zero-order valence-corrected chi connectivity index (χ0v) is 11.9. The Morgan fingerprint density at radius 1 is 1.12 bits per heavy atom. The zero-order valence-electron chi connectivity index (χ0n) is 11.9. The van der Waals surface area contributed by atoms with Crippen LogP contribution in [0.25, 0.3) is 0 Å². The third-order valence-corrected chi connectivity index (χ3v) is 5.11. The summed E-state index contributed by atoms with van der Waals surface area (Å²) >= 11 is 0. The molecule has 0 aromatic rings. The van der Waals surface area contributed by atoms with Crippen LogP contribution in [0, 0.1) is 17.8 Å². The van der Waals surface area contributed by atoms with Gasteiger partial charge in [-0.2, -0.15) is 0 Å². The summed E-state index contributed by atoms with van der Waals surface area (Å²) < 4.78 is 0. The molecule has 17 heavy (non-hydrogen) atoms. The molecule has 1 aliphatic carbocycles. The minimum Gasteiger partial charge on any atom is -0.327 e. The first-order valence-corrected chi connectivity index (χ1v) is 7.59. The van der Waals surface area contributed by atoms with Crippen LogP contribution in [0.4, 0.5) is 0 Å². The number of piperidine rings is 1. The maximum Gasteiger partial charge on any atom is 0.0126 e. The first kappa shape index (κ1) is 13.4. The molecule has 2 fully saturated rings. The van der Waals surface area contributed by atoms with Gasteiger partial charge in [0.1, 0.15) is 0 Å². The Morgan fingerprint density at radius 3 is 2.47 bits per heavy atom. The van der Waals surface area contributed by atoms with E-state index in [9.17, 15) is 0 Å². The van der Waals surface area contributed by atoms with E-state index in [-0.39, 0.29) is 0 Å². The van der Waals surface area contributed by atoms with Crippen molar-refractivity contribution >= 4 is 0 Å². The van der Waals surface area contributed by atoms with Crippen LogP contribution in [-0.4, -0.2) is 30.1 Å². The Labute approximate surface area is 107 Å². The van der Waals surface area contributed by atoms with Crippen LogP contribution < -0.4 is 5.73 Å². The van der Waals surface area contributed by atoms with E-state index in [1.165, 1.54) is 45.2 Å². The predicted octanol–water partition coefficient (Wildman–Crippen LogP) is 2.87. The molecule has 2 N–H and O–H groups in total. The van der Waals surface area contributed by atoms with Gasteiger partial charge in [0.2, 0.25) is 0 Å². The highest BCUT2D eigenvalue weighted by Crippen LogP contribution is 2.35. The second-order valence-corrected chi connectivity index (χ2v) is 6.68. The van der Waals surface area contributed by atoms with E-state index in [0.29, 0.717) is 12.0 Å². The topological polar surface area (TPSA) is 29.3 Å². The van der Waals surface area contributed by atoms with Gasteiger partial charge in [-0.05, 0) is 43.6 Å². The van der Waals surface area contributed by atoms with E-state index in [1.54, 1.807) is 0 Å². The van der Waals surface area contributed by atoms with Gasteiger partial charge in [-0.1, -0.05) is 33.6 Å². The third-order valence-electron chi connectivity index (χ3n) is 5.11. The lowest BCUT2D eigenvalue weighted by Gasteiger charge is -2.46. The molecule has 2 nitrogen and oxygen atoms in total. The highest BCUT2D eigenvalue weighted by Gasteiger charge is 2.35. The lowest BCUT2D eigenvalue weighted by molar-refractivity contribution is 0.0411. The fourth-order valence-corrected chi connectivity index (χ4v) is 3.87. The summed E-state index contributed by atoms with van der Waals surface area (Å²) in [5.74, 6) is 2.44. The van der Waals surface area contributed by atoms with Gasteiger partial charge in [-0.3, -0.25) is 4.90 Å². The van der Waals surface area contributed by atoms with Crippen molar-refractivity contribution in [1.82, 2.24) is 4.90 Å². The van der Waals surface area contributed by atoms with Crippen LogP contribution >= 0.6 is 0 Å². The molecule has 1 heterocycles. The van der Waals surface area contributed by atoms with Crippen LogP contribution in [0.2, 0.25) is 0 Å². The molecule has 1 saturated carbocycles. The van der Waals surface area contributed by atoms with Crippen LogP contribution in [0.1, 0.15) is 52.9 Å². The van der Waals surface area contributed by atoms with E-state index in [2.05, 4.69) is 25.7 Å². The average Bonchev–Trinajstić information content (AvgIpc) is 2.32. The summed E-state index contributed by atoms with van der Waals surface area (Å²) in [6.07, 6.45) is 6.94. The lowest BCUT2D eigenvalue weighted by Crippen LogP contribution is -2.53. The van der Waals surface area contributed by atoms with Crippen LogP contribution in [0.15, 0.2) is 0 Å². The predicted molar refractivity (Wildman–Crippen MR) is 73.9 cm³/mol. The molecule has 1 saturated heterocycles. The summed E-state index contributed by atoms with van der Waals surface area (Å²) in [4.78, 5) is 2.76. The van der Waals surface area contributed by atoms with Crippen LogP contribution in [-0.2, 0) is 0 Å². The van der Waals surface area contributed by atoms with Gasteiger partial charge in [0.05, 0.1) is 0 Å². The maximum atomic E-state index is 6.14. The first-order valence-electron chi connectivity index (χ1n) is 7.59. The molecule has 0 amide bonds. The number of nitrogens with two attached hydrogens (primary N) is 1. The summed E-state index contributed by atoms with van der Waals surface area (Å²) in [6.45, 7) is 9.60. The van der Waals surface area contributed by atoms with E-state index < -0.39 is 0 Å². The van der Waals surface area contributed by atoms with Crippen molar-refractivity contribution in [2.24, 2.45) is 23.5 Å². The third kappa shape index (κ3) is 3.03. The molecule has 4 atom stereocenters. The monoisotopic (exact) mass is 238 g/mol. The molecule has 0 aromatic carbocycles. The number of rotatable bonds is 2. The van der Waals surface area contributed by atoms with Crippen molar-refractivity contribution < 1.29 is 0 Å². The van der Waals surface area contributed by atoms with Crippen molar-refractivity contribution in [1.29, 1.82) is 0 Å². The molecule has 0 bridgehead atoms. The SMILES string of the molecule is CC(C)C1CCCCC1N1CCC(N)C(C)C1. The van der Waals surface area contributed by atoms with Gasteiger partial charge in [-0.15, -0.1) is 0 Å². The van der Waals surface area contributed by atoms with Crippen molar-refractivity contribution in [2.75, 3.05) is 13.1 Å². The molecule has 1 aliphatic heterocycles. The van der Waals surface area contributed by atoms with Crippen LogP contribution in [0.3, 0.4) is 0 Å². The number of hydrogen-bond acceptors (Lipinski definition) is 2. The average molecular weight is 238 g/mol. The Kier molecular flexibility index (Phi) is 4.48. The Balaban J connectivity index is 1.99. The van der Waals surface area contributed by atoms with Crippen molar-refractivity contribution in [2.45, 2.75) is 65.0 Å². The maximum absolute atomic E-state index is 6.14. The normalized spacial score (nSPS) is 40.8. The summed E-state index contributed by atoms with van der Waals surface area (Å²) in [5, 5.41) is 0. The van der Waals surface area contributed by atoms with E-state index in [4.69, 9.17) is 5.73 Å². The molecule has 4 unspecified atom stereocenters. The second-order valence-electron chi connectivity index (χ2n) is 6.68. The number of likely N-dealkylation sites (tertiary alicyclic amines) is 1. The van der Waals surface area contributed by atoms with E-state index in [0.717, 1.165) is 17.9 Å². The number of nitrogens with zero attached hydrogens (tertiary/aromatic N) is 1. The van der Waals surface area contributed by atoms with Gasteiger partial charge in [0.25, 0.3) is 0 Å². The second kappa shape index (κ2) is 5.71. The zero-order chi connectivity index (χ0) is 12.4. The molecule has 2 rings (SSSR count). The molecular weight excluding hydrogens is 208 g/mol. The standard InChI is InChI=1S/C15H30N2/c1-11(2)13-6-4-5-7-15(13)17-9-8-14(16)12(3)10-17/h11-15H,4-10,16H2,1-3H3. The van der Waals surface area contributed by atoms with E-state index >= 15 is 0 Å². The van der Waals surface area contributed by atoms with Crippen LogP contribution in [0.5, 0.6) is 0 Å². The fourth-order valence-electron chi connectivity index (χ4n) is 3.87. The molecule has 0 aromatic heterocycles. The largest absolute Gasteiger partial charge is 0.327 e. The molecular formula is C15H30N2. The molecule has 2 aliphatic rings. The molecule has 2 heteroatoms. The molecule has 0 spiro atoms. The van der Waals surface area contributed by atoms with Crippen molar-refractivity contribution in [3.05, 3.63) is 0 Å². The highest BCUT2D eigenvalue weighted by atomic mass is 15.2. The first-order chi connectivity index (χ1) is 8.09. The molecule has 0 radical (unpaired) electrons. The summed E-state index contributed by atoms with van der Waals surface area (Å²) in [6, 6.07) is 1.28. The summed E-state index contributed by atoms with van der Waals surface area (Å²) in [7, 11) is 0. The fraction of sp³-hybridized carbons (Fsp3) is 1.00. The minimum atomic E-state index is 0.437. The van der Waals surface area contributed by atoms with Gasteiger partial charge in [0, 0.05) is 18.6 Å². The van der Waals surface area contributed by atoms with Crippen molar-refractivity contribution in [3.63, 3.8) is 0 Å². The summed E-state index contributed by atoms with van der Waals surface area (Å²) in [5.41, 5.74) is 6.14. The highest BCUT2D eigenvalue weighted by molar-refractivity contribution is 4.90. The Hall–Kier alpha value is -0.0800. The van der Waals surface area contributed by atoms with Gasteiger partial charge in [-0.25, -0.2) is 0 Å². The van der Waals surface area contributed by atoms with Crippen molar-refractivity contribution in [3.8, 4) is 0 Å². The Morgan fingerprint density at radius 2 is 1.82 bits per heavy atom. The van der Waals surface area contributed by atoms with E-state index in [1.807, 2.05) is 0 Å². The molecule has 100 valence electrons. The Bertz CT molecular complexity index is 239. The lowest BCUT2D eigenvalue weighted by atomic mass is 9.76. The number of hydrogen-bond donors (Lipinski definition) is 1. The smallest absolute Gasteiger partial charge is 0.0126 e. The van der Waals surface area contributed by atoms with Gasteiger partial charge >= 0.3 is 0 Å². The van der Waals surface area contributed by atoms with Gasteiger partial charge in [0.15, 0.2) is 0 Å². The quantitative estimate of drug-likeness (QED) is 0.801.